The summed E-state index contributed by atoms with van der Waals surface area (Å²) in [6, 6.07) is 4.68. The minimum Gasteiger partial charge on any atom is -0.493 e. The first-order chi connectivity index (χ1) is 11.2. The SMILES string of the molecule is COc1ccc(C=NNC(N)=O)cc1OCCN1CCOCC1. The Hall–Kier alpha value is -2.32. The van der Waals surface area contributed by atoms with Gasteiger partial charge in [0.25, 0.3) is 0 Å². The third kappa shape index (κ3) is 5.76. The minimum atomic E-state index is -0.711. The zero-order valence-corrected chi connectivity index (χ0v) is 13.2. The van der Waals surface area contributed by atoms with Crippen LogP contribution in [0.15, 0.2) is 23.3 Å². The molecule has 1 aliphatic heterocycles. The molecule has 23 heavy (non-hydrogen) atoms. The molecule has 1 aromatic rings. The van der Waals surface area contributed by atoms with Gasteiger partial charge >= 0.3 is 6.03 Å². The van der Waals surface area contributed by atoms with E-state index in [2.05, 4.69) is 15.4 Å². The van der Waals surface area contributed by atoms with Crippen LogP contribution in [0.5, 0.6) is 11.5 Å². The van der Waals surface area contributed by atoms with E-state index in [1.807, 2.05) is 0 Å². The van der Waals surface area contributed by atoms with Crippen LogP contribution in [0.25, 0.3) is 0 Å². The number of primary amides is 1. The van der Waals surface area contributed by atoms with Crippen LogP contribution in [0.3, 0.4) is 0 Å². The van der Waals surface area contributed by atoms with Crippen molar-refractivity contribution in [2.75, 3.05) is 46.6 Å². The summed E-state index contributed by atoms with van der Waals surface area (Å²) in [4.78, 5) is 12.9. The highest BCUT2D eigenvalue weighted by molar-refractivity contribution is 5.82. The van der Waals surface area contributed by atoms with Crippen molar-refractivity contribution >= 4 is 12.2 Å². The number of amides is 2. The molecule has 1 fully saturated rings. The third-order valence-corrected chi connectivity index (χ3v) is 3.34. The lowest BCUT2D eigenvalue weighted by Crippen LogP contribution is -2.38. The molecule has 1 aromatic carbocycles. The summed E-state index contributed by atoms with van der Waals surface area (Å²) in [5.41, 5.74) is 7.86. The van der Waals surface area contributed by atoms with Crippen molar-refractivity contribution in [3.63, 3.8) is 0 Å². The summed E-state index contributed by atoms with van der Waals surface area (Å²) in [5, 5.41) is 3.72. The number of carbonyl (C=O) groups is 1. The molecule has 8 heteroatoms. The molecule has 2 rings (SSSR count). The second kappa shape index (κ2) is 8.96. The van der Waals surface area contributed by atoms with Crippen LogP contribution >= 0.6 is 0 Å². The maximum atomic E-state index is 10.6. The molecule has 0 spiro atoms. The quantitative estimate of drug-likeness (QED) is 0.559. The normalized spacial score (nSPS) is 15.5. The Balaban J connectivity index is 1.92. The third-order valence-electron chi connectivity index (χ3n) is 3.34. The summed E-state index contributed by atoms with van der Waals surface area (Å²) in [6.07, 6.45) is 1.49. The fraction of sp³-hybridized carbons (Fsp3) is 0.467. The van der Waals surface area contributed by atoms with Crippen LogP contribution in [0, 0.1) is 0 Å². The molecule has 0 radical (unpaired) electrons. The number of carbonyl (C=O) groups excluding carboxylic acids is 1. The van der Waals surface area contributed by atoms with E-state index in [0.717, 1.165) is 38.4 Å². The highest BCUT2D eigenvalue weighted by Crippen LogP contribution is 2.27. The molecule has 126 valence electrons. The number of methoxy groups -OCH3 is 1. The van der Waals surface area contributed by atoms with Crippen molar-refractivity contribution in [3.05, 3.63) is 23.8 Å². The number of benzene rings is 1. The zero-order valence-electron chi connectivity index (χ0n) is 13.2. The van der Waals surface area contributed by atoms with Gasteiger partial charge in [-0.2, -0.15) is 5.10 Å². The number of urea groups is 1. The van der Waals surface area contributed by atoms with E-state index in [4.69, 9.17) is 19.9 Å². The smallest absolute Gasteiger partial charge is 0.332 e. The summed E-state index contributed by atoms with van der Waals surface area (Å²) >= 11 is 0. The Morgan fingerprint density at radius 1 is 1.43 bits per heavy atom. The van der Waals surface area contributed by atoms with Gasteiger partial charge in [0, 0.05) is 19.6 Å². The van der Waals surface area contributed by atoms with Gasteiger partial charge in [-0.25, -0.2) is 10.2 Å². The van der Waals surface area contributed by atoms with Gasteiger partial charge in [-0.3, -0.25) is 4.90 Å². The number of hydrogen-bond acceptors (Lipinski definition) is 6. The lowest BCUT2D eigenvalue weighted by Gasteiger charge is -2.26. The number of morpholine rings is 1. The van der Waals surface area contributed by atoms with Crippen molar-refractivity contribution in [1.82, 2.24) is 10.3 Å². The Morgan fingerprint density at radius 3 is 2.91 bits per heavy atom. The van der Waals surface area contributed by atoms with Gasteiger partial charge in [-0.15, -0.1) is 0 Å². The van der Waals surface area contributed by atoms with E-state index in [-0.39, 0.29) is 0 Å². The predicted octanol–water partition coefficient (Wildman–Crippen LogP) is 0.408. The molecule has 2 amide bonds. The van der Waals surface area contributed by atoms with Crippen molar-refractivity contribution < 1.29 is 19.0 Å². The van der Waals surface area contributed by atoms with Crippen LogP contribution in [0.4, 0.5) is 4.79 Å². The van der Waals surface area contributed by atoms with Gasteiger partial charge in [0.15, 0.2) is 11.5 Å². The largest absolute Gasteiger partial charge is 0.493 e. The molecule has 0 aromatic heterocycles. The fourth-order valence-electron chi connectivity index (χ4n) is 2.17. The summed E-state index contributed by atoms with van der Waals surface area (Å²) < 4.78 is 16.4. The van der Waals surface area contributed by atoms with Crippen molar-refractivity contribution in [2.24, 2.45) is 10.8 Å². The first-order valence-corrected chi connectivity index (χ1v) is 7.38. The van der Waals surface area contributed by atoms with Gasteiger partial charge in [-0.05, 0) is 23.8 Å². The molecule has 0 atom stereocenters. The van der Waals surface area contributed by atoms with Crippen molar-refractivity contribution in [2.45, 2.75) is 0 Å². The van der Waals surface area contributed by atoms with Gasteiger partial charge in [0.2, 0.25) is 0 Å². The number of nitrogens with two attached hydrogens (primary N) is 1. The van der Waals surface area contributed by atoms with E-state index >= 15 is 0 Å². The molecule has 1 aliphatic rings. The average Bonchev–Trinajstić information content (AvgIpc) is 2.56. The highest BCUT2D eigenvalue weighted by Gasteiger charge is 2.11. The first kappa shape index (κ1) is 17.0. The summed E-state index contributed by atoms with van der Waals surface area (Å²) in [7, 11) is 1.59. The van der Waals surface area contributed by atoms with E-state index < -0.39 is 6.03 Å². The Labute approximate surface area is 135 Å². The number of hydrazone groups is 1. The van der Waals surface area contributed by atoms with E-state index in [1.165, 1.54) is 6.21 Å². The first-order valence-electron chi connectivity index (χ1n) is 7.38. The Bertz CT molecular complexity index is 544. The van der Waals surface area contributed by atoms with Gasteiger partial charge in [-0.1, -0.05) is 0 Å². The lowest BCUT2D eigenvalue weighted by atomic mass is 10.2. The number of ether oxygens (including phenoxy) is 3. The highest BCUT2D eigenvalue weighted by atomic mass is 16.5. The van der Waals surface area contributed by atoms with Crippen LogP contribution < -0.4 is 20.6 Å². The average molecular weight is 322 g/mol. The zero-order chi connectivity index (χ0) is 16.5. The molecule has 1 saturated heterocycles. The molecular formula is C15H22N4O4. The van der Waals surface area contributed by atoms with Crippen LogP contribution in [-0.4, -0.2) is 63.7 Å². The monoisotopic (exact) mass is 322 g/mol. The molecule has 0 bridgehead atoms. The predicted molar refractivity (Wildman–Crippen MR) is 86.1 cm³/mol. The fourth-order valence-corrected chi connectivity index (χ4v) is 2.17. The van der Waals surface area contributed by atoms with Crippen molar-refractivity contribution in [1.29, 1.82) is 0 Å². The second-order valence-corrected chi connectivity index (χ2v) is 4.95. The van der Waals surface area contributed by atoms with Gasteiger partial charge < -0.3 is 19.9 Å². The molecule has 3 N–H and O–H groups in total. The maximum Gasteiger partial charge on any atom is 0.332 e. The molecule has 1 heterocycles. The number of nitrogens with one attached hydrogen (secondary N) is 1. The maximum absolute atomic E-state index is 10.6. The Morgan fingerprint density at radius 2 is 2.22 bits per heavy atom. The van der Waals surface area contributed by atoms with Gasteiger partial charge in [0.05, 0.1) is 26.5 Å². The molecule has 8 nitrogen and oxygen atoms in total. The minimum absolute atomic E-state index is 0.552. The van der Waals surface area contributed by atoms with Crippen molar-refractivity contribution in [3.8, 4) is 11.5 Å². The van der Waals surface area contributed by atoms with E-state index in [9.17, 15) is 4.79 Å². The van der Waals surface area contributed by atoms with Crippen LogP contribution in [-0.2, 0) is 4.74 Å². The standard InChI is InChI=1S/C15H22N4O4/c1-21-13-3-2-12(11-17-18-15(16)20)10-14(13)23-9-6-19-4-7-22-8-5-19/h2-3,10-11H,4-9H2,1H3,(H3,16,18,20). The van der Waals surface area contributed by atoms with Crippen LogP contribution in [0.2, 0.25) is 0 Å². The summed E-state index contributed by atoms with van der Waals surface area (Å²) in [5.74, 6) is 1.27. The lowest BCUT2D eigenvalue weighted by molar-refractivity contribution is 0.0321. The van der Waals surface area contributed by atoms with E-state index in [0.29, 0.717) is 18.1 Å². The number of rotatable bonds is 7. The van der Waals surface area contributed by atoms with Gasteiger partial charge in [0.1, 0.15) is 6.61 Å². The topological polar surface area (TPSA) is 98.4 Å². The summed E-state index contributed by atoms with van der Waals surface area (Å²) in [6.45, 7) is 4.76. The second-order valence-electron chi connectivity index (χ2n) is 4.95. The van der Waals surface area contributed by atoms with Crippen LogP contribution in [0.1, 0.15) is 5.56 Å². The Kier molecular flexibility index (Phi) is 6.64. The number of nitrogens with zero attached hydrogens (tertiary/aromatic N) is 2. The molecular weight excluding hydrogens is 300 g/mol. The molecule has 0 saturated carbocycles. The van der Waals surface area contributed by atoms with E-state index in [1.54, 1.807) is 25.3 Å². The molecule has 0 aliphatic carbocycles. The molecule has 0 unspecified atom stereocenters. The number of hydrogen-bond donors (Lipinski definition) is 2.